The van der Waals surface area contributed by atoms with E-state index >= 15 is 0 Å². The van der Waals surface area contributed by atoms with Gasteiger partial charge in [-0.05, 0) is 24.5 Å². The van der Waals surface area contributed by atoms with Crippen molar-refractivity contribution in [1.29, 1.82) is 0 Å². The van der Waals surface area contributed by atoms with Crippen molar-refractivity contribution in [3.63, 3.8) is 0 Å². The van der Waals surface area contributed by atoms with Gasteiger partial charge in [0.2, 0.25) is 10.0 Å². The number of benzene rings is 1. The molecule has 0 saturated heterocycles. The van der Waals surface area contributed by atoms with Gasteiger partial charge >= 0.3 is 0 Å². The number of hydrogen-bond acceptors (Lipinski definition) is 3. The number of nitrogens with two attached hydrogens (primary N) is 1. The highest BCUT2D eigenvalue weighted by molar-refractivity contribution is 7.89. The molecule has 1 aromatic carbocycles. The molecule has 18 heavy (non-hydrogen) atoms. The fourth-order valence-electron chi connectivity index (χ4n) is 2.52. The highest BCUT2D eigenvalue weighted by Gasteiger charge is 2.34. The third-order valence-corrected chi connectivity index (χ3v) is 4.84. The molecule has 0 unspecified atom stereocenters. The van der Waals surface area contributed by atoms with Crippen molar-refractivity contribution < 1.29 is 17.5 Å². The van der Waals surface area contributed by atoms with E-state index in [0.29, 0.717) is 25.2 Å². The van der Waals surface area contributed by atoms with Crippen LogP contribution in [0.5, 0.6) is 5.75 Å². The van der Waals surface area contributed by atoms with Gasteiger partial charge in [-0.25, -0.2) is 17.9 Å². The largest absolute Gasteiger partial charge is 0.493 e. The van der Waals surface area contributed by atoms with Gasteiger partial charge in [-0.3, -0.25) is 0 Å². The van der Waals surface area contributed by atoms with Crippen LogP contribution < -0.4 is 9.88 Å². The van der Waals surface area contributed by atoms with E-state index in [1.807, 2.05) is 0 Å². The lowest BCUT2D eigenvalue weighted by molar-refractivity contribution is 0.261. The lowest BCUT2D eigenvalue weighted by atomic mass is 9.89. The van der Waals surface area contributed by atoms with E-state index in [2.05, 4.69) is 0 Å². The molecule has 0 saturated carbocycles. The quantitative estimate of drug-likeness (QED) is 0.912. The molecule has 2 atom stereocenters. The predicted molar refractivity (Wildman–Crippen MR) is 66.4 cm³/mol. The molecule has 6 heteroatoms. The lowest BCUT2D eigenvalue weighted by Gasteiger charge is -2.30. The van der Waals surface area contributed by atoms with Gasteiger partial charge in [-0.15, -0.1) is 0 Å². The Kier molecular flexibility index (Phi) is 3.59. The summed E-state index contributed by atoms with van der Waals surface area (Å²) in [7, 11) is -3.62. The molecule has 0 aliphatic carbocycles. The van der Waals surface area contributed by atoms with Crippen molar-refractivity contribution in [2.75, 3.05) is 6.61 Å². The summed E-state index contributed by atoms with van der Waals surface area (Å²) >= 11 is 0. The van der Waals surface area contributed by atoms with Crippen molar-refractivity contribution in [2.24, 2.45) is 5.14 Å². The zero-order chi connectivity index (χ0) is 13.3. The Bertz CT molecular complexity index is 544. The second kappa shape index (κ2) is 4.85. The van der Waals surface area contributed by atoms with Crippen LogP contribution in [-0.4, -0.2) is 20.3 Å². The summed E-state index contributed by atoms with van der Waals surface area (Å²) in [4.78, 5) is 0. The van der Waals surface area contributed by atoms with Gasteiger partial charge in [0, 0.05) is 12.0 Å². The first-order valence-electron chi connectivity index (χ1n) is 5.87. The summed E-state index contributed by atoms with van der Waals surface area (Å²) in [6.45, 7) is 2.17. The third-order valence-electron chi connectivity index (χ3n) is 3.33. The summed E-state index contributed by atoms with van der Waals surface area (Å²) in [5, 5.41) is 4.62. The monoisotopic (exact) mass is 273 g/mol. The van der Waals surface area contributed by atoms with Crippen LogP contribution in [0.3, 0.4) is 0 Å². The smallest absolute Gasteiger partial charge is 0.212 e. The van der Waals surface area contributed by atoms with E-state index in [9.17, 15) is 12.8 Å². The summed E-state index contributed by atoms with van der Waals surface area (Å²) in [6.07, 6.45) is 1.01. The van der Waals surface area contributed by atoms with E-state index in [-0.39, 0.29) is 5.92 Å². The van der Waals surface area contributed by atoms with E-state index in [1.54, 1.807) is 13.0 Å². The molecule has 2 rings (SSSR count). The molecule has 0 amide bonds. The minimum absolute atomic E-state index is 0.227. The number of fused-ring (bicyclic) bond motifs is 1. The average Bonchev–Trinajstić information content (AvgIpc) is 2.27. The standard InChI is InChI=1S/C12H16FNO3S/c1-2-12(18(14,15)16)10-5-6-17-11-7-8(13)3-4-9(10)11/h3-4,7,10,12H,2,5-6H2,1H3,(H2,14,15,16)/t10-,12-/m0/s1. The van der Waals surface area contributed by atoms with Gasteiger partial charge in [0.1, 0.15) is 11.6 Å². The maximum atomic E-state index is 13.1. The van der Waals surface area contributed by atoms with Gasteiger partial charge in [-0.1, -0.05) is 13.0 Å². The zero-order valence-corrected chi connectivity index (χ0v) is 10.9. The Labute approximate surface area is 106 Å². The molecular formula is C12H16FNO3S. The Morgan fingerprint density at radius 2 is 2.28 bits per heavy atom. The highest BCUT2D eigenvalue weighted by Crippen LogP contribution is 2.38. The van der Waals surface area contributed by atoms with Crippen LogP contribution in [0.15, 0.2) is 18.2 Å². The van der Waals surface area contributed by atoms with Crippen LogP contribution in [-0.2, 0) is 10.0 Å². The number of hydrogen-bond donors (Lipinski definition) is 1. The van der Waals surface area contributed by atoms with E-state index in [1.165, 1.54) is 12.1 Å². The molecule has 1 heterocycles. The molecule has 0 spiro atoms. The molecule has 1 aliphatic heterocycles. The topological polar surface area (TPSA) is 69.4 Å². The first kappa shape index (κ1) is 13.3. The van der Waals surface area contributed by atoms with Crippen molar-refractivity contribution in [3.8, 4) is 5.75 Å². The Morgan fingerprint density at radius 1 is 1.56 bits per heavy atom. The molecule has 4 nitrogen and oxygen atoms in total. The Hall–Kier alpha value is -1.14. The van der Waals surface area contributed by atoms with Crippen molar-refractivity contribution in [3.05, 3.63) is 29.6 Å². The number of primary sulfonamides is 1. The minimum atomic E-state index is -3.62. The molecule has 1 aromatic rings. The molecule has 0 aromatic heterocycles. The number of ether oxygens (including phenoxy) is 1. The molecule has 0 radical (unpaired) electrons. The fraction of sp³-hybridized carbons (Fsp3) is 0.500. The summed E-state index contributed by atoms with van der Waals surface area (Å²) in [6, 6.07) is 4.19. The SMILES string of the molecule is CC[C@@H]([C@H]1CCOc2cc(F)ccc21)S(N)(=O)=O. The first-order chi connectivity index (χ1) is 8.43. The van der Waals surface area contributed by atoms with Crippen LogP contribution in [0.25, 0.3) is 0 Å². The average molecular weight is 273 g/mol. The van der Waals surface area contributed by atoms with Crippen LogP contribution in [0.1, 0.15) is 31.2 Å². The van der Waals surface area contributed by atoms with Crippen molar-refractivity contribution >= 4 is 10.0 Å². The lowest BCUT2D eigenvalue weighted by Crippen LogP contribution is -2.35. The second-order valence-electron chi connectivity index (χ2n) is 4.46. The minimum Gasteiger partial charge on any atom is -0.493 e. The van der Waals surface area contributed by atoms with E-state index in [0.717, 1.165) is 5.56 Å². The molecule has 0 fully saturated rings. The molecular weight excluding hydrogens is 257 g/mol. The van der Waals surface area contributed by atoms with Gasteiger partial charge < -0.3 is 4.74 Å². The van der Waals surface area contributed by atoms with Crippen molar-refractivity contribution in [2.45, 2.75) is 30.9 Å². The second-order valence-corrected chi connectivity index (χ2v) is 6.25. The molecule has 0 bridgehead atoms. The van der Waals surface area contributed by atoms with E-state index < -0.39 is 21.1 Å². The predicted octanol–water partition coefficient (Wildman–Crippen LogP) is 1.76. The Balaban J connectivity index is 2.44. The maximum Gasteiger partial charge on any atom is 0.212 e. The zero-order valence-electron chi connectivity index (χ0n) is 10.1. The van der Waals surface area contributed by atoms with Gasteiger partial charge in [-0.2, -0.15) is 0 Å². The third kappa shape index (κ3) is 2.49. The number of halogens is 1. The molecule has 1 aliphatic rings. The maximum absolute atomic E-state index is 13.1. The summed E-state index contributed by atoms with van der Waals surface area (Å²) in [5.74, 6) is -0.194. The Morgan fingerprint density at radius 3 is 2.89 bits per heavy atom. The number of rotatable bonds is 3. The van der Waals surface area contributed by atoms with E-state index in [4.69, 9.17) is 9.88 Å². The van der Waals surface area contributed by atoms with Gasteiger partial charge in [0.25, 0.3) is 0 Å². The van der Waals surface area contributed by atoms with Gasteiger partial charge in [0.05, 0.1) is 11.9 Å². The highest BCUT2D eigenvalue weighted by atomic mass is 32.2. The van der Waals surface area contributed by atoms with Gasteiger partial charge in [0.15, 0.2) is 0 Å². The summed E-state index contributed by atoms with van der Waals surface area (Å²) < 4.78 is 41.7. The number of sulfonamides is 1. The van der Waals surface area contributed by atoms with Crippen LogP contribution in [0.2, 0.25) is 0 Å². The van der Waals surface area contributed by atoms with Crippen LogP contribution >= 0.6 is 0 Å². The first-order valence-corrected chi connectivity index (χ1v) is 7.48. The molecule has 2 N–H and O–H groups in total. The van der Waals surface area contributed by atoms with Crippen LogP contribution in [0.4, 0.5) is 4.39 Å². The van der Waals surface area contributed by atoms with Crippen LogP contribution in [0, 0.1) is 5.82 Å². The molecule has 100 valence electrons. The normalized spacial score (nSPS) is 20.9. The van der Waals surface area contributed by atoms with Crippen molar-refractivity contribution in [1.82, 2.24) is 0 Å². The summed E-state index contributed by atoms with van der Waals surface area (Å²) in [5.41, 5.74) is 0.725. The fourth-order valence-corrected chi connectivity index (χ4v) is 3.73.